The number of ether oxygens (including phenoxy) is 2. The van der Waals surface area contributed by atoms with Crippen molar-refractivity contribution < 1.29 is 29.0 Å². The summed E-state index contributed by atoms with van der Waals surface area (Å²) in [7, 11) is 0. The second-order valence-corrected chi connectivity index (χ2v) is 3.34. The fourth-order valence-corrected chi connectivity index (χ4v) is 1.25. The van der Waals surface area contributed by atoms with E-state index in [1.165, 1.54) is 6.92 Å². The Bertz CT molecular complexity index is 298. The number of hydrogen-bond acceptors (Lipinski definition) is 6. The fraction of sp³-hybridized carbons (Fsp3) is 0.727. The van der Waals surface area contributed by atoms with Gasteiger partial charge in [-0.2, -0.15) is 0 Å². The number of Topliss-reactive ketones (excluding diaryl/α,β-unsaturated/α-hetero) is 1. The van der Waals surface area contributed by atoms with E-state index in [0.717, 1.165) is 0 Å². The standard InChI is InChI=1S/C11H18O6/c1-4-8(12)11(15,10(14)17-6-3)7-9(13)16-5-2/h15H,4-7H2,1-3H3. The van der Waals surface area contributed by atoms with Crippen LogP contribution in [0.1, 0.15) is 33.6 Å². The van der Waals surface area contributed by atoms with Crippen LogP contribution in [0.3, 0.4) is 0 Å². The van der Waals surface area contributed by atoms with E-state index in [1.54, 1.807) is 13.8 Å². The Kier molecular flexibility index (Phi) is 6.42. The summed E-state index contributed by atoms with van der Waals surface area (Å²) in [6.45, 7) is 4.73. The highest BCUT2D eigenvalue weighted by atomic mass is 16.6. The molecule has 0 saturated heterocycles. The molecule has 0 amide bonds. The molecule has 1 N–H and O–H groups in total. The van der Waals surface area contributed by atoms with Crippen molar-refractivity contribution in [3.63, 3.8) is 0 Å². The Morgan fingerprint density at radius 3 is 2.00 bits per heavy atom. The first-order valence-corrected chi connectivity index (χ1v) is 5.50. The van der Waals surface area contributed by atoms with E-state index in [1.807, 2.05) is 0 Å². The number of aliphatic hydroxyl groups is 1. The summed E-state index contributed by atoms with van der Waals surface area (Å²) in [5.41, 5.74) is -2.43. The van der Waals surface area contributed by atoms with Crippen LogP contribution in [0, 0.1) is 0 Å². The minimum atomic E-state index is -2.43. The van der Waals surface area contributed by atoms with Crippen molar-refractivity contribution in [1.82, 2.24) is 0 Å². The number of carbonyl (C=O) groups excluding carboxylic acids is 3. The zero-order chi connectivity index (χ0) is 13.5. The van der Waals surface area contributed by atoms with Gasteiger partial charge in [0.2, 0.25) is 5.60 Å². The zero-order valence-corrected chi connectivity index (χ0v) is 10.3. The summed E-state index contributed by atoms with van der Waals surface area (Å²) in [5.74, 6) is -2.69. The maximum absolute atomic E-state index is 11.5. The number of esters is 2. The summed E-state index contributed by atoms with van der Waals surface area (Å²) < 4.78 is 9.19. The highest BCUT2D eigenvalue weighted by Gasteiger charge is 2.46. The molecular weight excluding hydrogens is 228 g/mol. The average molecular weight is 246 g/mol. The lowest BCUT2D eigenvalue weighted by Gasteiger charge is -2.22. The normalized spacial score (nSPS) is 13.6. The Morgan fingerprint density at radius 2 is 1.59 bits per heavy atom. The van der Waals surface area contributed by atoms with Gasteiger partial charge in [-0.05, 0) is 13.8 Å². The van der Waals surface area contributed by atoms with Crippen LogP contribution in [0.2, 0.25) is 0 Å². The molecule has 0 aliphatic carbocycles. The quantitative estimate of drug-likeness (QED) is 0.510. The van der Waals surface area contributed by atoms with Crippen LogP contribution in [0.5, 0.6) is 0 Å². The Hall–Kier alpha value is -1.43. The van der Waals surface area contributed by atoms with Crippen molar-refractivity contribution in [3.05, 3.63) is 0 Å². The number of rotatable bonds is 7. The van der Waals surface area contributed by atoms with Gasteiger partial charge in [0.05, 0.1) is 19.6 Å². The zero-order valence-electron chi connectivity index (χ0n) is 10.3. The van der Waals surface area contributed by atoms with Crippen LogP contribution in [0.4, 0.5) is 0 Å². The van der Waals surface area contributed by atoms with Crippen LogP contribution in [-0.4, -0.2) is 41.6 Å². The summed E-state index contributed by atoms with van der Waals surface area (Å²) in [5, 5.41) is 9.95. The summed E-state index contributed by atoms with van der Waals surface area (Å²) >= 11 is 0. The van der Waals surface area contributed by atoms with Gasteiger partial charge in [-0.15, -0.1) is 0 Å². The van der Waals surface area contributed by atoms with Gasteiger partial charge in [-0.3, -0.25) is 9.59 Å². The van der Waals surface area contributed by atoms with Gasteiger partial charge in [0, 0.05) is 6.42 Å². The van der Waals surface area contributed by atoms with Crippen molar-refractivity contribution in [1.29, 1.82) is 0 Å². The van der Waals surface area contributed by atoms with Gasteiger partial charge < -0.3 is 14.6 Å². The maximum Gasteiger partial charge on any atom is 0.346 e. The first-order chi connectivity index (χ1) is 7.92. The third kappa shape index (κ3) is 4.14. The lowest BCUT2D eigenvalue weighted by molar-refractivity contribution is -0.176. The van der Waals surface area contributed by atoms with Crippen molar-refractivity contribution in [3.8, 4) is 0 Å². The second-order valence-electron chi connectivity index (χ2n) is 3.34. The van der Waals surface area contributed by atoms with Crippen molar-refractivity contribution >= 4 is 17.7 Å². The van der Waals surface area contributed by atoms with Gasteiger partial charge >= 0.3 is 11.9 Å². The monoisotopic (exact) mass is 246 g/mol. The average Bonchev–Trinajstić information content (AvgIpc) is 2.28. The molecule has 0 aromatic heterocycles. The third-order valence-electron chi connectivity index (χ3n) is 2.10. The van der Waals surface area contributed by atoms with Crippen LogP contribution < -0.4 is 0 Å². The molecule has 6 heteroatoms. The SMILES string of the molecule is CCOC(=O)CC(O)(C(=O)CC)C(=O)OCC. The van der Waals surface area contributed by atoms with Crippen LogP contribution in [0.15, 0.2) is 0 Å². The molecule has 0 aromatic carbocycles. The molecule has 0 fully saturated rings. The van der Waals surface area contributed by atoms with Gasteiger partial charge in [-0.1, -0.05) is 6.92 Å². The molecule has 17 heavy (non-hydrogen) atoms. The summed E-state index contributed by atoms with van der Waals surface area (Å²) in [4.78, 5) is 34.3. The smallest absolute Gasteiger partial charge is 0.346 e. The van der Waals surface area contributed by atoms with E-state index < -0.39 is 29.7 Å². The molecule has 0 heterocycles. The van der Waals surface area contributed by atoms with E-state index in [2.05, 4.69) is 9.47 Å². The highest BCUT2D eigenvalue weighted by Crippen LogP contribution is 2.17. The molecule has 6 nitrogen and oxygen atoms in total. The first-order valence-electron chi connectivity index (χ1n) is 5.50. The molecule has 0 saturated carbocycles. The Labute approximate surface area is 99.9 Å². The van der Waals surface area contributed by atoms with Gasteiger partial charge in [0.15, 0.2) is 5.78 Å². The van der Waals surface area contributed by atoms with E-state index in [-0.39, 0.29) is 19.6 Å². The van der Waals surface area contributed by atoms with E-state index >= 15 is 0 Å². The highest BCUT2D eigenvalue weighted by molar-refractivity contribution is 6.09. The lowest BCUT2D eigenvalue weighted by Crippen LogP contribution is -2.49. The molecule has 0 aliphatic heterocycles. The summed E-state index contributed by atoms with van der Waals surface area (Å²) in [6.07, 6.45) is -0.791. The molecule has 0 aliphatic rings. The number of ketones is 1. The molecule has 0 bridgehead atoms. The topological polar surface area (TPSA) is 89.9 Å². The van der Waals surface area contributed by atoms with Crippen molar-refractivity contribution in [2.24, 2.45) is 0 Å². The largest absolute Gasteiger partial charge is 0.466 e. The molecule has 1 unspecified atom stereocenters. The first kappa shape index (κ1) is 15.6. The predicted octanol–water partition coefficient (Wildman–Crippen LogP) is 0.213. The van der Waals surface area contributed by atoms with E-state index in [9.17, 15) is 19.5 Å². The molecule has 1 atom stereocenters. The second kappa shape index (κ2) is 7.01. The minimum absolute atomic E-state index is 0.0148. The van der Waals surface area contributed by atoms with Crippen molar-refractivity contribution in [2.45, 2.75) is 39.2 Å². The molecule has 0 spiro atoms. The van der Waals surface area contributed by atoms with Crippen LogP contribution in [-0.2, 0) is 23.9 Å². The maximum atomic E-state index is 11.5. The molecule has 0 rings (SSSR count). The van der Waals surface area contributed by atoms with E-state index in [4.69, 9.17) is 0 Å². The fourth-order valence-electron chi connectivity index (χ4n) is 1.25. The predicted molar refractivity (Wildman–Crippen MR) is 58.1 cm³/mol. The molecule has 98 valence electrons. The minimum Gasteiger partial charge on any atom is -0.466 e. The summed E-state index contributed by atoms with van der Waals surface area (Å²) in [6, 6.07) is 0. The molecule has 0 radical (unpaired) electrons. The number of carbonyl (C=O) groups is 3. The molecule has 0 aromatic rings. The van der Waals surface area contributed by atoms with Gasteiger partial charge in [0.1, 0.15) is 0 Å². The van der Waals surface area contributed by atoms with Crippen molar-refractivity contribution in [2.75, 3.05) is 13.2 Å². The Balaban J connectivity index is 4.91. The Morgan fingerprint density at radius 1 is 1.06 bits per heavy atom. The molecular formula is C11H18O6. The van der Waals surface area contributed by atoms with E-state index in [0.29, 0.717) is 0 Å². The number of hydrogen-bond donors (Lipinski definition) is 1. The lowest BCUT2D eigenvalue weighted by atomic mass is 9.93. The van der Waals surface area contributed by atoms with Gasteiger partial charge in [-0.25, -0.2) is 4.79 Å². The van der Waals surface area contributed by atoms with Crippen LogP contribution >= 0.6 is 0 Å². The third-order valence-corrected chi connectivity index (χ3v) is 2.10. The van der Waals surface area contributed by atoms with Crippen LogP contribution in [0.25, 0.3) is 0 Å². The van der Waals surface area contributed by atoms with Gasteiger partial charge in [0.25, 0.3) is 0 Å².